The number of carbonyl (C=O) groups excluding carboxylic acids is 2. The van der Waals surface area contributed by atoms with Crippen LogP contribution in [0, 0.1) is 11.7 Å². The molecule has 158 valence electrons. The SMILES string of the molecule is NC(=O)c1ccc(NC(=O)C2CCCN(c3ccc(-c4ccc(F)cc4)nn3)C2)cc1. The van der Waals surface area contributed by atoms with E-state index >= 15 is 0 Å². The number of rotatable bonds is 5. The van der Waals surface area contributed by atoms with E-state index in [1.807, 2.05) is 17.0 Å². The summed E-state index contributed by atoms with van der Waals surface area (Å²) in [4.78, 5) is 26.0. The third-order valence-electron chi connectivity index (χ3n) is 5.34. The molecule has 3 N–H and O–H groups in total. The number of aromatic nitrogens is 2. The quantitative estimate of drug-likeness (QED) is 0.661. The van der Waals surface area contributed by atoms with Crippen LogP contribution >= 0.6 is 0 Å². The maximum Gasteiger partial charge on any atom is 0.248 e. The van der Waals surface area contributed by atoms with Crippen LogP contribution in [0.2, 0.25) is 0 Å². The van der Waals surface area contributed by atoms with Gasteiger partial charge in [0.15, 0.2) is 5.82 Å². The van der Waals surface area contributed by atoms with Crippen LogP contribution in [-0.4, -0.2) is 35.1 Å². The van der Waals surface area contributed by atoms with Gasteiger partial charge in [0.2, 0.25) is 11.8 Å². The maximum atomic E-state index is 13.1. The Hall–Kier alpha value is -3.81. The second-order valence-electron chi connectivity index (χ2n) is 7.50. The molecule has 1 saturated heterocycles. The molecule has 2 aromatic carbocycles. The number of piperidine rings is 1. The highest BCUT2D eigenvalue weighted by Crippen LogP contribution is 2.24. The average Bonchev–Trinajstić information content (AvgIpc) is 2.80. The topological polar surface area (TPSA) is 101 Å². The number of nitrogens with one attached hydrogen (secondary N) is 1. The first-order valence-corrected chi connectivity index (χ1v) is 10.0. The smallest absolute Gasteiger partial charge is 0.248 e. The molecule has 1 aliphatic rings. The third kappa shape index (κ3) is 4.85. The predicted octanol–water partition coefficient (Wildman–Crippen LogP) is 3.24. The average molecular weight is 419 g/mol. The van der Waals surface area contributed by atoms with Crippen molar-refractivity contribution in [3.8, 4) is 11.3 Å². The number of amides is 2. The Morgan fingerprint density at radius 3 is 2.39 bits per heavy atom. The lowest BCUT2D eigenvalue weighted by Gasteiger charge is -2.32. The van der Waals surface area contributed by atoms with Gasteiger partial charge < -0.3 is 16.0 Å². The van der Waals surface area contributed by atoms with E-state index in [1.54, 1.807) is 36.4 Å². The fourth-order valence-corrected chi connectivity index (χ4v) is 3.63. The molecule has 1 atom stereocenters. The summed E-state index contributed by atoms with van der Waals surface area (Å²) in [5.74, 6) is -0.369. The number of primary amides is 1. The van der Waals surface area contributed by atoms with Gasteiger partial charge in [0.25, 0.3) is 0 Å². The predicted molar refractivity (Wildman–Crippen MR) is 116 cm³/mol. The van der Waals surface area contributed by atoms with Crippen molar-refractivity contribution in [2.45, 2.75) is 12.8 Å². The fraction of sp³-hybridized carbons (Fsp3) is 0.217. The minimum absolute atomic E-state index is 0.0765. The summed E-state index contributed by atoms with van der Waals surface area (Å²) in [7, 11) is 0. The summed E-state index contributed by atoms with van der Waals surface area (Å²) in [5, 5.41) is 11.5. The number of nitrogens with zero attached hydrogens (tertiary/aromatic N) is 3. The zero-order valence-corrected chi connectivity index (χ0v) is 16.8. The molecular formula is C23H22FN5O2. The van der Waals surface area contributed by atoms with Gasteiger partial charge in [0, 0.05) is 29.9 Å². The van der Waals surface area contributed by atoms with Crippen molar-refractivity contribution < 1.29 is 14.0 Å². The number of hydrogen-bond donors (Lipinski definition) is 2. The van der Waals surface area contributed by atoms with Crippen LogP contribution in [0.3, 0.4) is 0 Å². The summed E-state index contributed by atoms with van der Waals surface area (Å²) in [5.41, 5.74) is 7.71. The maximum absolute atomic E-state index is 13.1. The van der Waals surface area contributed by atoms with Crippen LogP contribution in [-0.2, 0) is 4.79 Å². The van der Waals surface area contributed by atoms with Gasteiger partial charge in [-0.05, 0) is 73.5 Å². The molecule has 1 aromatic heterocycles. The Morgan fingerprint density at radius 2 is 1.74 bits per heavy atom. The van der Waals surface area contributed by atoms with E-state index in [0.29, 0.717) is 29.3 Å². The molecule has 2 amide bonds. The second kappa shape index (κ2) is 8.91. The zero-order chi connectivity index (χ0) is 21.8. The van der Waals surface area contributed by atoms with Crippen molar-refractivity contribution in [3.05, 3.63) is 72.0 Å². The summed E-state index contributed by atoms with van der Waals surface area (Å²) in [6, 6.07) is 16.3. The van der Waals surface area contributed by atoms with Crippen molar-refractivity contribution in [3.63, 3.8) is 0 Å². The second-order valence-corrected chi connectivity index (χ2v) is 7.50. The van der Waals surface area contributed by atoms with Crippen LogP contribution in [0.1, 0.15) is 23.2 Å². The first-order chi connectivity index (χ1) is 15.0. The van der Waals surface area contributed by atoms with E-state index in [9.17, 15) is 14.0 Å². The van der Waals surface area contributed by atoms with E-state index < -0.39 is 5.91 Å². The largest absolute Gasteiger partial charge is 0.366 e. The van der Waals surface area contributed by atoms with Crippen molar-refractivity contribution >= 4 is 23.3 Å². The lowest BCUT2D eigenvalue weighted by atomic mass is 9.97. The number of carbonyl (C=O) groups is 2. The normalized spacial score (nSPS) is 16.0. The number of anilines is 2. The van der Waals surface area contributed by atoms with Crippen molar-refractivity contribution in [2.24, 2.45) is 11.7 Å². The van der Waals surface area contributed by atoms with E-state index in [4.69, 9.17) is 5.73 Å². The minimum Gasteiger partial charge on any atom is -0.366 e. The molecule has 0 bridgehead atoms. The molecule has 8 heteroatoms. The molecule has 0 radical (unpaired) electrons. The van der Waals surface area contributed by atoms with Gasteiger partial charge in [0.05, 0.1) is 11.6 Å². The Kier molecular flexibility index (Phi) is 5.88. The Labute approximate surface area is 179 Å². The highest BCUT2D eigenvalue weighted by molar-refractivity contribution is 5.95. The Balaban J connectivity index is 1.40. The molecule has 1 aliphatic heterocycles. The van der Waals surface area contributed by atoms with Gasteiger partial charge in [0.1, 0.15) is 5.82 Å². The molecule has 0 aliphatic carbocycles. The van der Waals surface area contributed by atoms with Crippen LogP contribution in [0.15, 0.2) is 60.7 Å². The fourth-order valence-electron chi connectivity index (χ4n) is 3.63. The molecule has 7 nitrogen and oxygen atoms in total. The summed E-state index contributed by atoms with van der Waals surface area (Å²) < 4.78 is 13.1. The van der Waals surface area contributed by atoms with Gasteiger partial charge in [-0.15, -0.1) is 10.2 Å². The van der Waals surface area contributed by atoms with Gasteiger partial charge in [-0.25, -0.2) is 4.39 Å². The Bertz CT molecular complexity index is 1070. The van der Waals surface area contributed by atoms with E-state index in [2.05, 4.69) is 15.5 Å². The highest BCUT2D eigenvalue weighted by Gasteiger charge is 2.27. The summed E-state index contributed by atoms with van der Waals surface area (Å²) >= 11 is 0. The number of halogens is 1. The molecule has 0 saturated carbocycles. The van der Waals surface area contributed by atoms with Gasteiger partial charge in [-0.2, -0.15) is 0 Å². The molecule has 0 spiro atoms. The van der Waals surface area contributed by atoms with Crippen molar-refractivity contribution in [1.82, 2.24) is 10.2 Å². The van der Waals surface area contributed by atoms with Crippen LogP contribution in [0.5, 0.6) is 0 Å². The van der Waals surface area contributed by atoms with Crippen LogP contribution in [0.4, 0.5) is 15.9 Å². The van der Waals surface area contributed by atoms with Crippen LogP contribution < -0.4 is 16.0 Å². The van der Waals surface area contributed by atoms with Gasteiger partial charge >= 0.3 is 0 Å². The number of benzene rings is 2. The number of hydrogen-bond acceptors (Lipinski definition) is 5. The number of nitrogens with two attached hydrogens (primary N) is 1. The van der Waals surface area contributed by atoms with E-state index in [0.717, 1.165) is 24.9 Å². The summed E-state index contributed by atoms with van der Waals surface area (Å²) in [6.45, 7) is 1.33. The molecule has 31 heavy (non-hydrogen) atoms. The van der Waals surface area contributed by atoms with Gasteiger partial charge in [-0.3, -0.25) is 9.59 Å². The summed E-state index contributed by atoms with van der Waals surface area (Å²) in [6.07, 6.45) is 1.64. The van der Waals surface area contributed by atoms with Crippen molar-refractivity contribution in [2.75, 3.05) is 23.3 Å². The monoisotopic (exact) mass is 419 g/mol. The molecule has 4 rings (SSSR count). The molecule has 3 aromatic rings. The standard InChI is InChI=1S/C23H22FN5O2/c24-18-7-3-15(4-8-18)20-11-12-21(28-27-20)29-13-1-2-17(14-29)23(31)26-19-9-5-16(6-10-19)22(25)30/h3-12,17H,1-2,13-14H2,(H2,25,30)(H,26,31). The lowest BCUT2D eigenvalue weighted by Crippen LogP contribution is -2.41. The first-order valence-electron chi connectivity index (χ1n) is 10.0. The Morgan fingerprint density at radius 1 is 1.00 bits per heavy atom. The molecule has 1 unspecified atom stereocenters. The molecule has 2 heterocycles. The highest BCUT2D eigenvalue weighted by atomic mass is 19.1. The molecule has 1 fully saturated rings. The van der Waals surface area contributed by atoms with Crippen LogP contribution in [0.25, 0.3) is 11.3 Å². The van der Waals surface area contributed by atoms with E-state index in [1.165, 1.54) is 12.1 Å². The van der Waals surface area contributed by atoms with Crippen molar-refractivity contribution in [1.29, 1.82) is 0 Å². The first kappa shape index (κ1) is 20.5. The lowest BCUT2D eigenvalue weighted by molar-refractivity contribution is -0.120. The third-order valence-corrected chi connectivity index (χ3v) is 5.34. The minimum atomic E-state index is -0.507. The zero-order valence-electron chi connectivity index (χ0n) is 16.8. The van der Waals surface area contributed by atoms with E-state index in [-0.39, 0.29) is 17.6 Å². The van der Waals surface area contributed by atoms with Gasteiger partial charge in [-0.1, -0.05) is 0 Å². The molecular weight excluding hydrogens is 397 g/mol.